The van der Waals surface area contributed by atoms with E-state index in [0.29, 0.717) is 49.9 Å². The molecule has 1 aliphatic heterocycles. The molecule has 3 aromatic heterocycles. The van der Waals surface area contributed by atoms with Gasteiger partial charge in [-0.3, -0.25) is 4.79 Å². The van der Waals surface area contributed by atoms with Crippen molar-refractivity contribution >= 4 is 11.7 Å². The van der Waals surface area contributed by atoms with Crippen molar-refractivity contribution in [1.82, 2.24) is 29.8 Å². The van der Waals surface area contributed by atoms with Crippen molar-refractivity contribution in [3.63, 3.8) is 0 Å². The average Bonchev–Trinajstić information content (AvgIpc) is 3.51. The average molecular weight is 444 g/mol. The highest BCUT2D eigenvalue weighted by Crippen LogP contribution is 2.21. The molecule has 0 N–H and O–H groups in total. The van der Waals surface area contributed by atoms with Crippen LogP contribution >= 0.6 is 0 Å². The van der Waals surface area contributed by atoms with Crippen LogP contribution in [0.5, 0.6) is 0 Å². The second-order valence-corrected chi connectivity index (χ2v) is 7.94. The third kappa shape index (κ3) is 4.09. The smallest absolute Gasteiger partial charge is 0.257 e. The molecule has 0 bridgehead atoms. The molecule has 0 spiro atoms. The zero-order chi connectivity index (χ0) is 22.8. The maximum absolute atomic E-state index is 13.2. The number of aromatic nitrogens is 5. The van der Waals surface area contributed by atoms with Gasteiger partial charge in [-0.1, -0.05) is 30.3 Å². The summed E-state index contributed by atoms with van der Waals surface area (Å²) in [6.07, 6.45) is 4.13. The van der Waals surface area contributed by atoms with Gasteiger partial charge in [0.1, 0.15) is 5.82 Å². The molecule has 5 rings (SSSR count). The predicted octanol–water partition coefficient (Wildman–Crippen LogP) is 3.15. The van der Waals surface area contributed by atoms with Crippen molar-refractivity contribution in [1.29, 1.82) is 0 Å². The molecule has 1 aromatic carbocycles. The van der Waals surface area contributed by atoms with Gasteiger partial charge >= 0.3 is 0 Å². The van der Waals surface area contributed by atoms with E-state index in [-0.39, 0.29) is 5.91 Å². The van der Waals surface area contributed by atoms with E-state index in [0.717, 1.165) is 22.8 Å². The molecule has 0 radical (unpaired) electrons. The van der Waals surface area contributed by atoms with Gasteiger partial charge in [-0.05, 0) is 31.2 Å². The van der Waals surface area contributed by atoms with Crippen LogP contribution in [0, 0.1) is 6.92 Å². The SMILES string of the molecule is CCc1nc(-c2ccc(N3CCN(C(=O)c4cnn(-c5ccccc5)c4C)CC3)nc2)no1. The lowest BCUT2D eigenvalue weighted by Crippen LogP contribution is -2.49. The maximum Gasteiger partial charge on any atom is 0.257 e. The molecule has 0 saturated carbocycles. The lowest BCUT2D eigenvalue weighted by molar-refractivity contribution is 0.0745. The molecule has 1 aliphatic rings. The monoisotopic (exact) mass is 443 g/mol. The van der Waals surface area contributed by atoms with Crippen molar-refractivity contribution in [3.8, 4) is 17.1 Å². The van der Waals surface area contributed by atoms with E-state index in [2.05, 4.69) is 25.1 Å². The van der Waals surface area contributed by atoms with Crippen molar-refractivity contribution in [3.05, 3.63) is 72.0 Å². The number of amides is 1. The van der Waals surface area contributed by atoms with Gasteiger partial charge in [0.15, 0.2) is 0 Å². The Morgan fingerprint density at radius 2 is 1.82 bits per heavy atom. The normalized spacial score (nSPS) is 14.0. The molecule has 9 nitrogen and oxygen atoms in total. The predicted molar refractivity (Wildman–Crippen MR) is 123 cm³/mol. The Morgan fingerprint density at radius 1 is 1.03 bits per heavy atom. The van der Waals surface area contributed by atoms with Gasteiger partial charge in [0.2, 0.25) is 11.7 Å². The van der Waals surface area contributed by atoms with Gasteiger partial charge in [-0.15, -0.1) is 0 Å². The van der Waals surface area contributed by atoms with Crippen molar-refractivity contribution in [2.24, 2.45) is 0 Å². The van der Waals surface area contributed by atoms with Crippen LogP contribution in [0.4, 0.5) is 5.82 Å². The summed E-state index contributed by atoms with van der Waals surface area (Å²) in [5.74, 6) is 2.05. The number of nitrogens with zero attached hydrogens (tertiary/aromatic N) is 7. The lowest BCUT2D eigenvalue weighted by atomic mass is 10.2. The first-order valence-electron chi connectivity index (χ1n) is 11.1. The fraction of sp³-hybridized carbons (Fsp3) is 0.292. The van der Waals surface area contributed by atoms with Gasteiger partial charge in [-0.2, -0.15) is 10.1 Å². The zero-order valence-corrected chi connectivity index (χ0v) is 18.7. The molecule has 9 heteroatoms. The number of hydrogen-bond acceptors (Lipinski definition) is 7. The van der Waals surface area contributed by atoms with Crippen LogP contribution in [0.15, 0.2) is 59.4 Å². The molecule has 1 amide bonds. The number of hydrogen-bond donors (Lipinski definition) is 0. The van der Waals surface area contributed by atoms with E-state index in [9.17, 15) is 4.79 Å². The molecule has 1 saturated heterocycles. The molecule has 4 heterocycles. The van der Waals surface area contributed by atoms with Gasteiger partial charge in [0.05, 0.1) is 23.1 Å². The number of para-hydroxylation sites is 1. The quantitative estimate of drug-likeness (QED) is 0.468. The minimum Gasteiger partial charge on any atom is -0.353 e. The standard InChI is InChI=1S/C24H25N7O2/c1-3-22-27-23(28-33-22)18-9-10-21(25-15-18)29-11-13-30(14-12-29)24(32)20-16-26-31(17(20)2)19-7-5-4-6-8-19/h4-10,15-16H,3,11-14H2,1-2H3. The van der Waals surface area contributed by atoms with Crippen molar-refractivity contribution < 1.29 is 9.32 Å². The first kappa shape index (κ1) is 20.9. The van der Waals surface area contributed by atoms with Gasteiger partial charge in [-0.25, -0.2) is 9.67 Å². The third-order valence-electron chi connectivity index (χ3n) is 5.91. The number of pyridine rings is 1. The summed E-state index contributed by atoms with van der Waals surface area (Å²) in [5, 5.41) is 8.43. The highest BCUT2D eigenvalue weighted by atomic mass is 16.5. The van der Waals surface area contributed by atoms with E-state index < -0.39 is 0 Å². The van der Waals surface area contributed by atoms with Gasteiger partial charge in [0, 0.05) is 44.4 Å². The topological polar surface area (TPSA) is 93.2 Å². The number of aryl methyl sites for hydroxylation is 1. The second kappa shape index (κ2) is 8.85. The van der Waals surface area contributed by atoms with Crippen LogP contribution < -0.4 is 4.90 Å². The van der Waals surface area contributed by atoms with Crippen LogP contribution in [0.3, 0.4) is 0 Å². The molecule has 0 aliphatic carbocycles. The molecule has 168 valence electrons. The number of piperazine rings is 1. The van der Waals surface area contributed by atoms with E-state index in [1.165, 1.54) is 0 Å². The minimum absolute atomic E-state index is 0.0153. The third-order valence-corrected chi connectivity index (χ3v) is 5.91. The van der Waals surface area contributed by atoms with Crippen LogP contribution in [0.25, 0.3) is 17.1 Å². The Kier molecular flexibility index (Phi) is 5.60. The van der Waals surface area contributed by atoms with Crippen LogP contribution in [-0.2, 0) is 6.42 Å². The minimum atomic E-state index is 0.0153. The molecule has 0 unspecified atom stereocenters. The van der Waals surface area contributed by atoms with Crippen molar-refractivity contribution in [2.45, 2.75) is 20.3 Å². The summed E-state index contributed by atoms with van der Waals surface area (Å²) in [6, 6.07) is 13.8. The molecular formula is C24H25N7O2. The second-order valence-electron chi connectivity index (χ2n) is 7.94. The number of rotatable bonds is 5. The lowest BCUT2D eigenvalue weighted by Gasteiger charge is -2.35. The largest absolute Gasteiger partial charge is 0.353 e. The van der Waals surface area contributed by atoms with Gasteiger partial charge in [0.25, 0.3) is 5.91 Å². The van der Waals surface area contributed by atoms with E-state index >= 15 is 0 Å². The molecular weight excluding hydrogens is 418 g/mol. The molecule has 1 fully saturated rings. The molecule has 0 atom stereocenters. The van der Waals surface area contributed by atoms with Gasteiger partial charge < -0.3 is 14.3 Å². The summed E-state index contributed by atoms with van der Waals surface area (Å²) in [4.78, 5) is 26.1. The number of anilines is 1. The summed E-state index contributed by atoms with van der Waals surface area (Å²) < 4.78 is 6.99. The number of carbonyl (C=O) groups is 1. The summed E-state index contributed by atoms with van der Waals surface area (Å²) in [5.41, 5.74) is 3.25. The fourth-order valence-electron chi connectivity index (χ4n) is 3.98. The molecule has 4 aromatic rings. The first-order valence-corrected chi connectivity index (χ1v) is 11.1. The maximum atomic E-state index is 13.2. The van der Waals surface area contributed by atoms with Crippen LogP contribution in [0.1, 0.15) is 28.9 Å². The van der Waals surface area contributed by atoms with Crippen LogP contribution in [-0.4, -0.2) is 61.9 Å². The van der Waals surface area contributed by atoms with Crippen molar-refractivity contribution in [2.75, 3.05) is 31.1 Å². The summed E-state index contributed by atoms with van der Waals surface area (Å²) in [7, 11) is 0. The van der Waals surface area contributed by atoms with E-state index in [1.54, 1.807) is 12.4 Å². The number of benzene rings is 1. The molecule has 33 heavy (non-hydrogen) atoms. The highest BCUT2D eigenvalue weighted by Gasteiger charge is 2.25. The Morgan fingerprint density at radius 3 is 2.48 bits per heavy atom. The number of carbonyl (C=O) groups excluding carboxylic acids is 1. The Labute approximate surface area is 191 Å². The van der Waals surface area contributed by atoms with E-state index in [4.69, 9.17) is 4.52 Å². The zero-order valence-electron chi connectivity index (χ0n) is 18.7. The van der Waals surface area contributed by atoms with E-state index in [1.807, 2.05) is 65.9 Å². The summed E-state index contributed by atoms with van der Waals surface area (Å²) in [6.45, 7) is 6.59. The Bertz CT molecular complexity index is 1240. The highest BCUT2D eigenvalue weighted by molar-refractivity contribution is 5.95. The Hall–Kier alpha value is -4.01. The fourth-order valence-corrected chi connectivity index (χ4v) is 3.98. The Balaban J connectivity index is 1.23. The first-order chi connectivity index (χ1) is 16.1. The van der Waals surface area contributed by atoms with Crippen LogP contribution in [0.2, 0.25) is 0 Å². The summed E-state index contributed by atoms with van der Waals surface area (Å²) >= 11 is 0.